The molecule has 2 aromatic carbocycles. The van der Waals surface area contributed by atoms with E-state index in [2.05, 4.69) is 25.2 Å². The Morgan fingerprint density at radius 3 is 2.53 bits per heavy atom. The molecule has 1 fully saturated rings. The molecule has 0 aliphatic carbocycles. The van der Waals surface area contributed by atoms with Gasteiger partial charge in [-0.05, 0) is 50.2 Å². The number of rotatable bonds is 7. The highest BCUT2D eigenvalue weighted by atomic mass is 32.2. The Morgan fingerprint density at radius 1 is 0.971 bits per heavy atom. The van der Waals surface area contributed by atoms with Crippen molar-refractivity contribution >= 4 is 11.8 Å². The Hall–Kier alpha value is -3.18. The van der Waals surface area contributed by atoms with Crippen LogP contribution in [0, 0.1) is 0 Å². The van der Waals surface area contributed by atoms with Crippen molar-refractivity contribution in [2.75, 3.05) is 13.1 Å². The van der Waals surface area contributed by atoms with Crippen LogP contribution >= 0.6 is 11.8 Å². The van der Waals surface area contributed by atoms with Crippen LogP contribution in [0.3, 0.4) is 0 Å². The molecule has 3 heterocycles. The van der Waals surface area contributed by atoms with Gasteiger partial charge in [0.1, 0.15) is 0 Å². The molecule has 34 heavy (non-hydrogen) atoms. The van der Waals surface area contributed by atoms with E-state index in [0.29, 0.717) is 23.3 Å². The van der Waals surface area contributed by atoms with Crippen LogP contribution in [-0.2, 0) is 18.5 Å². The van der Waals surface area contributed by atoms with E-state index in [0.717, 1.165) is 36.7 Å². The number of alkyl halides is 3. The summed E-state index contributed by atoms with van der Waals surface area (Å²) in [6.07, 6.45) is -2.06. The lowest BCUT2D eigenvalue weighted by Gasteiger charge is -2.15. The topological polar surface area (TPSA) is 72.9 Å². The summed E-state index contributed by atoms with van der Waals surface area (Å²) in [6, 6.07) is 14.7. The van der Waals surface area contributed by atoms with Gasteiger partial charge in [-0.1, -0.05) is 47.3 Å². The van der Waals surface area contributed by atoms with Crippen LogP contribution in [0.1, 0.15) is 30.1 Å². The zero-order chi connectivity index (χ0) is 23.5. The first kappa shape index (κ1) is 22.6. The highest BCUT2D eigenvalue weighted by Crippen LogP contribution is 2.32. The first-order chi connectivity index (χ1) is 16.5. The van der Waals surface area contributed by atoms with E-state index in [1.807, 2.05) is 34.9 Å². The summed E-state index contributed by atoms with van der Waals surface area (Å²) in [5.41, 5.74) is 0.446. The molecule has 0 amide bonds. The average Bonchev–Trinajstić information content (AvgIpc) is 3.60. The smallest absolute Gasteiger partial charge is 0.338 e. The average molecular weight is 487 g/mol. The van der Waals surface area contributed by atoms with Crippen molar-refractivity contribution in [3.8, 4) is 17.1 Å². The second kappa shape index (κ2) is 9.59. The van der Waals surface area contributed by atoms with Crippen molar-refractivity contribution in [3.05, 3.63) is 71.9 Å². The molecular formula is C23H21F3N6OS. The van der Waals surface area contributed by atoms with Gasteiger partial charge in [0, 0.05) is 11.3 Å². The number of thioether (sulfide) groups is 1. The van der Waals surface area contributed by atoms with Gasteiger partial charge in [-0.25, -0.2) is 0 Å². The van der Waals surface area contributed by atoms with Crippen LogP contribution in [0.2, 0.25) is 0 Å². The van der Waals surface area contributed by atoms with E-state index < -0.39 is 11.7 Å². The molecule has 0 radical (unpaired) electrons. The first-order valence-electron chi connectivity index (χ1n) is 10.8. The molecule has 2 aromatic heterocycles. The van der Waals surface area contributed by atoms with Gasteiger partial charge in [0.15, 0.2) is 11.0 Å². The third kappa shape index (κ3) is 5.00. The zero-order valence-corrected chi connectivity index (χ0v) is 18.9. The van der Waals surface area contributed by atoms with Gasteiger partial charge in [-0.15, -0.1) is 10.2 Å². The standard InChI is InChI=1S/C23H21F3N6OS/c24-23(25,26)17-8-6-7-16(13-17)21-27-20(33-30-21)15-34-22-29-28-19(14-31-11-4-5-12-31)32(22)18-9-2-1-3-10-18/h1-3,6-10,13H,4-5,11-12,14-15H2. The van der Waals surface area contributed by atoms with Crippen molar-refractivity contribution in [2.24, 2.45) is 0 Å². The van der Waals surface area contributed by atoms with Crippen LogP contribution in [0.25, 0.3) is 17.1 Å². The third-order valence-corrected chi connectivity index (χ3v) is 6.43. The Bertz CT molecular complexity index is 1250. The van der Waals surface area contributed by atoms with Crippen molar-refractivity contribution in [3.63, 3.8) is 0 Å². The fourth-order valence-corrected chi connectivity index (χ4v) is 4.67. The van der Waals surface area contributed by atoms with Crippen molar-refractivity contribution < 1.29 is 17.7 Å². The van der Waals surface area contributed by atoms with Gasteiger partial charge < -0.3 is 4.52 Å². The molecule has 0 bridgehead atoms. The molecule has 4 aromatic rings. The minimum Gasteiger partial charge on any atom is -0.338 e. The fourth-order valence-electron chi connectivity index (χ4n) is 3.86. The summed E-state index contributed by atoms with van der Waals surface area (Å²) in [7, 11) is 0. The summed E-state index contributed by atoms with van der Waals surface area (Å²) in [5, 5.41) is 13.4. The second-order valence-electron chi connectivity index (χ2n) is 7.93. The minimum atomic E-state index is -4.44. The molecule has 0 spiro atoms. The van der Waals surface area contributed by atoms with Gasteiger partial charge in [-0.2, -0.15) is 18.2 Å². The summed E-state index contributed by atoms with van der Waals surface area (Å²) >= 11 is 1.38. The van der Waals surface area contributed by atoms with Gasteiger partial charge >= 0.3 is 6.18 Å². The number of halogens is 3. The lowest BCUT2D eigenvalue weighted by atomic mass is 10.1. The number of nitrogens with zero attached hydrogens (tertiary/aromatic N) is 6. The second-order valence-corrected chi connectivity index (χ2v) is 8.87. The van der Waals surface area contributed by atoms with E-state index >= 15 is 0 Å². The van der Waals surface area contributed by atoms with Crippen LogP contribution in [0.5, 0.6) is 0 Å². The molecule has 1 aliphatic rings. The molecule has 0 atom stereocenters. The minimum absolute atomic E-state index is 0.112. The third-order valence-electron chi connectivity index (χ3n) is 5.52. The lowest BCUT2D eigenvalue weighted by molar-refractivity contribution is -0.137. The molecule has 1 aliphatic heterocycles. The highest BCUT2D eigenvalue weighted by molar-refractivity contribution is 7.98. The summed E-state index contributed by atoms with van der Waals surface area (Å²) in [6.45, 7) is 2.80. The zero-order valence-electron chi connectivity index (χ0n) is 18.1. The van der Waals surface area contributed by atoms with Gasteiger partial charge in [-0.3, -0.25) is 9.47 Å². The lowest BCUT2D eigenvalue weighted by Crippen LogP contribution is -2.21. The summed E-state index contributed by atoms with van der Waals surface area (Å²) < 4.78 is 46.4. The van der Waals surface area contributed by atoms with Gasteiger partial charge in [0.25, 0.3) is 0 Å². The normalized spacial score (nSPS) is 14.7. The molecule has 0 saturated carbocycles. The maximum Gasteiger partial charge on any atom is 0.416 e. The maximum atomic E-state index is 13.0. The number of para-hydroxylation sites is 1. The highest BCUT2D eigenvalue weighted by Gasteiger charge is 2.31. The summed E-state index contributed by atoms with van der Waals surface area (Å²) in [4.78, 5) is 6.64. The molecule has 5 rings (SSSR count). The fraction of sp³-hybridized carbons (Fsp3) is 0.304. The Kier molecular flexibility index (Phi) is 6.38. The molecule has 1 saturated heterocycles. The number of likely N-dealkylation sites (tertiary alicyclic amines) is 1. The molecule has 0 N–H and O–H groups in total. The number of aromatic nitrogens is 5. The molecule has 11 heteroatoms. The largest absolute Gasteiger partial charge is 0.416 e. The van der Waals surface area contributed by atoms with E-state index in [1.165, 1.54) is 36.7 Å². The van der Waals surface area contributed by atoms with Crippen LogP contribution in [0.15, 0.2) is 64.3 Å². The van der Waals surface area contributed by atoms with Crippen molar-refractivity contribution in [1.29, 1.82) is 0 Å². The maximum absolute atomic E-state index is 13.0. The Labute approximate surface area is 198 Å². The van der Waals surface area contributed by atoms with Gasteiger partial charge in [0.05, 0.1) is 17.9 Å². The van der Waals surface area contributed by atoms with Crippen LogP contribution in [0.4, 0.5) is 13.2 Å². The Balaban J connectivity index is 1.35. The van der Waals surface area contributed by atoms with E-state index in [9.17, 15) is 13.2 Å². The monoisotopic (exact) mass is 486 g/mol. The molecule has 7 nitrogen and oxygen atoms in total. The van der Waals surface area contributed by atoms with E-state index in [4.69, 9.17) is 4.52 Å². The van der Waals surface area contributed by atoms with E-state index in [1.54, 1.807) is 0 Å². The number of hydrogen-bond acceptors (Lipinski definition) is 7. The number of hydrogen-bond donors (Lipinski definition) is 0. The van der Waals surface area contributed by atoms with Crippen molar-refractivity contribution in [1.82, 2.24) is 29.8 Å². The Morgan fingerprint density at radius 2 is 1.76 bits per heavy atom. The van der Waals surface area contributed by atoms with E-state index in [-0.39, 0.29) is 11.4 Å². The quantitative estimate of drug-likeness (QED) is 0.332. The SMILES string of the molecule is FC(F)(F)c1cccc(-c2noc(CSc3nnc(CN4CCCC4)n3-c3ccccc3)n2)c1. The molecule has 176 valence electrons. The van der Waals surface area contributed by atoms with Gasteiger partial charge in [0.2, 0.25) is 11.7 Å². The molecule has 0 unspecified atom stereocenters. The van der Waals surface area contributed by atoms with Crippen LogP contribution < -0.4 is 0 Å². The molecular weight excluding hydrogens is 465 g/mol. The van der Waals surface area contributed by atoms with Crippen molar-refractivity contribution in [2.45, 2.75) is 36.5 Å². The predicted molar refractivity (Wildman–Crippen MR) is 120 cm³/mol. The predicted octanol–water partition coefficient (Wildman–Crippen LogP) is 5.22. The van der Waals surface area contributed by atoms with Crippen LogP contribution in [-0.4, -0.2) is 42.9 Å². The first-order valence-corrected chi connectivity index (χ1v) is 11.8. The summed E-state index contributed by atoms with van der Waals surface area (Å²) in [5.74, 6) is 1.56. The number of benzene rings is 2.